The lowest BCUT2D eigenvalue weighted by Gasteiger charge is -2.17. The van der Waals surface area contributed by atoms with E-state index >= 15 is 0 Å². The van der Waals surface area contributed by atoms with Gasteiger partial charge in [0.25, 0.3) is 5.92 Å². The summed E-state index contributed by atoms with van der Waals surface area (Å²) in [5, 5.41) is 0. The minimum Gasteiger partial charge on any atom is -0.202 e. The highest BCUT2D eigenvalue weighted by Crippen LogP contribution is 2.36. The first-order valence-corrected chi connectivity index (χ1v) is 4.84. The number of hydrogen-bond acceptors (Lipinski definition) is 0. The lowest BCUT2D eigenvalue weighted by molar-refractivity contribution is -0.137. The second kappa shape index (κ2) is 4.20. The quantitative estimate of drug-likeness (QED) is 0.539. The van der Waals surface area contributed by atoms with Crippen LogP contribution in [0, 0.1) is 0 Å². The molecular formula is C10H8ClF5. The van der Waals surface area contributed by atoms with E-state index in [1.807, 2.05) is 0 Å². The number of halogens is 6. The van der Waals surface area contributed by atoms with Crippen LogP contribution in [0.3, 0.4) is 0 Å². The van der Waals surface area contributed by atoms with Crippen LogP contribution in [0.25, 0.3) is 0 Å². The van der Waals surface area contributed by atoms with E-state index in [0.29, 0.717) is 13.0 Å². The Kier molecular flexibility index (Phi) is 3.47. The van der Waals surface area contributed by atoms with Crippen molar-refractivity contribution < 1.29 is 22.0 Å². The fraction of sp³-hybridized carbons (Fsp3) is 0.400. The van der Waals surface area contributed by atoms with E-state index in [0.717, 1.165) is 12.1 Å². The Morgan fingerprint density at radius 1 is 1.12 bits per heavy atom. The van der Waals surface area contributed by atoms with Crippen molar-refractivity contribution in [1.29, 1.82) is 0 Å². The van der Waals surface area contributed by atoms with E-state index in [-0.39, 0.29) is 11.4 Å². The van der Waals surface area contributed by atoms with Gasteiger partial charge in [0.2, 0.25) is 0 Å². The molecule has 0 heterocycles. The molecular weight excluding hydrogens is 251 g/mol. The molecule has 16 heavy (non-hydrogen) atoms. The van der Waals surface area contributed by atoms with Crippen molar-refractivity contribution in [2.24, 2.45) is 0 Å². The summed E-state index contributed by atoms with van der Waals surface area (Å²) in [6.45, 7) is 0.540. The van der Waals surface area contributed by atoms with E-state index in [4.69, 9.17) is 11.6 Å². The highest BCUT2D eigenvalue weighted by atomic mass is 35.5. The summed E-state index contributed by atoms with van der Waals surface area (Å²) in [7, 11) is 0. The molecule has 90 valence electrons. The topological polar surface area (TPSA) is 0 Å². The fourth-order valence-electron chi connectivity index (χ4n) is 1.28. The minimum absolute atomic E-state index is 0.00201. The van der Waals surface area contributed by atoms with Crippen molar-refractivity contribution in [3.05, 3.63) is 34.9 Å². The van der Waals surface area contributed by atoms with Gasteiger partial charge in [-0.1, -0.05) is 6.07 Å². The third-order valence-corrected chi connectivity index (χ3v) is 2.34. The van der Waals surface area contributed by atoms with E-state index < -0.39 is 23.2 Å². The summed E-state index contributed by atoms with van der Waals surface area (Å²) in [5.41, 5.74) is -1.78. The summed E-state index contributed by atoms with van der Waals surface area (Å²) >= 11 is 5.39. The van der Waals surface area contributed by atoms with Crippen molar-refractivity contribution in [3.63, 3.8) is 0 Å². The number of hydrogen-bond donors (Lipinski definition) is 0. The molecule has 0 spiro atoms. The Labute approximate surface area is 94.0 Å². The van der Waals surface area contributed by atoms with Crippen molar-refractivity contribution >= 4 is 11.6 Å². The molecule has 0 radical (unpaired) electrons. The van der Waals surface area contributed by atoms with Gasteiger partial charge in [0, 0.05) is 18.4 Å². The standard InChI is InChI=1S/C10H8ClF5/c1-9(12,13)8-4-7(10(14,15)16)3-2-6(8)5-11/h2-4H,5H2,1H3. The van der Waals surface area contributed by atoms with Crippen LogP contribution in [0.5, 0.6) is 0 Å². The van der Waals surface area contributed by atoms with Crippen molar-refractivity contribution in [1.82, 2.24) is 0 Å². The SMILES string of the molecule is CC(F)(F)c1cc(C(F)(F)F)ccc1CCl. The van der Waals surface area contributed by atoms with Crippen molar-refractivity contribution in [2.45, 2.75) is 24.9 Å². The third-order valence-electron chi connectivity index (χ3n) is 2.05. The van der Waals surface area contributed by atoms with Crippen LogP contribution in [-0.4, -0.2) is 0 Å². The molecule has 0 aliphatic heterocycles. The molecule has 1 rings (SSSR count). The molecule has 1 aromatic rings. The summed E-state index contributed by atoms with van der Waals surface area (Å²) in [4.78, 5) is 0. The van der Waals surface area contributed by atoms with E-state index in [2.05, 4.69) is 0 Å². The van der Waals surface area contributed by atoms with Crippen LogP contribution in [0.4, 0.5) is 22.0 Å². The van der Waals surface area contributed by atoms with Crippen molar-refractivity contribution in [2.75, 3.05) is 0 Å². The average molecular weight is 259 g/mol. The summed E-state index contributed by atoms with van der Waals surface area (Å²) in [6.07, 6.45) is -4.63. The second-order valence-corrected chi connectivity index (χ2v) is 3.66. The van der Waals surface area contributed by atoms with Gasteiger partial charge in [0.15, 0.2) is 0 Å². The van der Waals surface area contributed by atoms with Gasteiger partial charge in [-0.25, -0.2) is 8.78 Å². The number of benzene rings is 1. The number of rotatable bonds is 2. The predicted molar refractivity (Wildman–Crippen MR) is 50.6 cm³/mol. The fourth-order valence-corrected chi connectivity index (χ4v) is 1.51. The average Bonchev–Trinajstić information content (AvgIpc) is 2.14. The molecule has 0 amide bonds. The van der Waals surface area contributed by atoms with Gasteiger partial charge in [0.1, 0.15) is 0 Å². The molecule has 0 saturated carbocycles. The van der Waals surface area contributed by atoms with Crippen LogP contribution in [0.15, 0.2) is 18.2 Å². The van der Waals surface area contributed by atoms with Gasteiger partial charge in [-0.15, -0.1) is 11.6 Å². The zero-order valence-electron chi connectivity index (χ0n) is 8.21. The first kappa shape index (κ1) is 13.2. The first-order chi connectivity index (χ1) is 7.16. The van der Waals surface area contributed by atoms with Crippen LogP contribution in [0.1, 0.15) is 23.6 Å². The normalized spacial score (nSPS) is 12.9. The van der Waals surface area contributed by atoms with E-state index in [9.17, 15) is 22.0 Å². The van der Waals surface area contributed by atoms with E-state index in [1.165, 1.54) is 0 Å². The van der Waals surface area contributed by atoms with E-state index in [1.54, 1.807) is 0 Å². The van der Waals surface area contributed by atoms with Crippen molar-refractivity contribution in [3.8, 4) is 0 Å². The number of alkyl halides is 6. The summed E-state index contributed by atoms with van der Waals surface area (Å²) < 4.78 is 63.0. The third kappa shape index (κ3) is 2.84. The van der Waals surface area contributed by atoms with Crippen LogP contribution in [-0.2, 0) is 18.0 Å². The molecule has 0 N–H and O–H groups in total. The first-order valence-electron chi connectivity index (χ1n) is 4.30. The molecule has 0 aliphatic rings. The second-order valence-electron chi connectivity index (χ2n) is 3.39. The zero-order chi connectivity index (χ0) is 12.6. The predicted octanol–water partition coefficient (Wildman–Crippen LogP) is 4.56. The molecule has 0 nitrogen and oxygen atoms in total. The van der Waals surface area contributed by atoms with Gasteiger partial charge >= 0.3 is 6.18 Å². The van der Waals surface area contributed by atoms with Crippen LogP contribution in [0.2, 0.25) is 0 Å². The molecule has 0 unspecified atom stereocenters. The highest BCUT2D eigenvalue weighted by molar-refractivity contribution is 6.17. The monoisotopic (exact) mass is 258 g/mol. The van der Waals surface area contributed by atoms with Gasteiger partial charge in [0.05, 0.1) is 5.56 Å². The maximum atomic E-state index is 13.0. The molecule has 6 heteroatoms. The molecule has 1 aromatic carbocycles. The Morgan fingerprint density at radius 3 is 2.06 bits per heavy atom. The molecule has 0 atom stereocenters. The maximum absolute atomic E-state index is 13.0. The van der Waals surface area contributed by atoms with Gasteiger partial charge in [-0.05, 0) is 17.7 Å². The van der Waals surface area contributed by atoms with Gasteiger partial charge in [-0.3, -0.25) is 0 Å². The molecule has 0 saturated heterocycles. The lowest BCUT2D eigenvalue weighted by atomic mass is 10.0. The largest absolute Gasteiger partial charge is 0.416 e. The molecule has 0 aromatic heterocycles. The Hall–Kier alpha value is -0.840. The van der Waals surface area contributed by atoms with Crippen LogP contribution >= 0.6 is 11.6 Å². The molecule has 0 aliphatic carbocycles. The molecule has 0 fully saturated rings. The Morgan fingerprint density at radius 2 is 1.69 bits per heavy atom. The summed E-state index contributed by atoms with van der Waals surface area (Å²) in [5.74, 6) is -3.59. The summed E-state index contributed by atoms with van der Waals surface area (Å²) in [6, 6.07) is 2.16. The zero-order valence-corrected chi connectivity index (χ0v) is 8.96. The Bertz CT molecular complexity index is 378. The van der Waals surface area contributed by atoms with Gasteiger partial charge < -0.3 is 0 Å². The smallest absolute Gasteiger partial charge is 0.202 e. The van der Waals surface area contributed by atoms with Gasteiger partial charge in [-0.2, -0.15) is 13.2 Å². The Balaban J connectivity index is 3.34. The maximum Gasteiger partial charge on any atom is 0.416 e. The highest BCUT2D eigenvalue weighted by Gasteiger charge is 2.34. The lowest BCUT2D eigenvalue weighted by Crippen LogP contribution is -2.13. The minimum atomic E-state index is -4.63. The van der Waals surface area contributed by atoms with Crippen LogP contribution < -0.4 is 0 Å². The molecule has 0 bridgehead atoms.